The first-order valence-corrected chi connectivity index (χ1v) is 7.66. The minimum atomic E-state index is -0.370. The summed E-state index contributed by atoms with van der Waals surface area (Å²) < 4.78 is 4.66. The van der Waals surface area contributed by atoms with E-state index in [1.54, 1.807) is 24.3 Å². The Morgan fingerprint density at radius 1 is 1.08 bits per heavy atom. The second-order valence-electron chi connectivity index (χ2n) is 5.50. The predicted molar refractivity (Wildman–Crippen MR) is 91.6 cm³/mol. The molecular weight excluding hydrogens is 304 g/mol. The summed E-state index contributed by atoms with van der Waals surface area (Å²) in [6.45, 7) is 0.419. The number of H-pyrrole nitrogens is 1. The van der Waals surface area contributed by atoms with Crippen molar-refractivity contribution in [1.29, 1.82) is 0 Å². The monoisotopic (exact) mass is 322 g/mol. The molecule has 1 heterocycles. The third-order valence-corrected chi connectivity index (χ3v) is 3.89. The molecule has 0 radical (unpaired) electrons. The van der Waals surface area contributed by atoms with Crippen LogP contribution in [0.3, 0.4) is 0 Å². The first-order valence-electron chi connectivity index (χ1n) is 7.66. The van der Waals surface area contributed by atoms with Crippen LogP contribution in [0.4, 0.5) is 0 Å². The number of methoxy groups -OCH3 is 1. The number of fused-ring (bicyclic) bond motifs is 1. The molecule has 24 heavy (non-hydrogen) atoms. The summed E-state index contributed by atoms with van der Waals surface area (Å²) in [5.41, 5.74) is 3.42. The number of esters is 1. The van der Waals surface area contributed by atoms with Crippen molar-refractivity contribution >= 4 is 22.8 Å². The van der Waals surface area contributed by atoms with Crippen molar-refractivity contribution in [2.45, 2.75) is 13.0 Å². The molecule has 0 aliphatic rings. The van der Waals surface area contributed by atoms with Crippen molar-refractivity contribution in [2.75, 3.05) is 7.11 Å². The van der Waals surface area contributed by atoms with E-state index >= 15 is 0 Å². The van der Waals surface area contributed by atoms with Crippen molar-refractivity contribution in [3.05, 3.63) is 71.4 Å². The molecular formula is C19H18N2O3. The molecule has 122 valence electrons. The van der Waals surface area contributed by atoms with Crippen LogP contribution in [0.5, 0.6) is 0 Å². The highest BCUT2D eigenvalue weighted by atomic mass is 16.5. The van der Waals surface area contributed by atoms with Gasteiger partial charge in [0, 0.05) is 23.6 Å². The number of ether oxygens (including phenoxy) is 1. The lowest BCUT2D eigenvalue weighted by Gasteiger charge is -2.06. The Morgan fingerprint density at radius 2 is 1.83 bits per heavy atom. The van der Waals surface area contributed by atoms with Gasteiger partial charge in [0.05, 0.1) is 19.1 Å². The Morgan fingerprint density at radius 3 is 2.58 bits per heavy atom. The van der Waals surface area contributed by atoms with Crippen molar-refractivity contribution in [2.24, 2.45) is 0 Å². The molecule has 0 unspecified atom stereocenters. The zero-order chi connectivity index (χ0) is 16.9. The van der Waals surface area contributed by atoms with Crippen LogP contribution >= 0.6 is 0 Å². The standard InChI is InChI=1S/C19H18N2O3/c1-24-19(23)14-8-6-13(7-9-14)11-21-18(22)10-15-12-20-17-5-3-2-4-16(15)17/h2-9,12,20H,10-11H2,1H3,(H,21,22). The van der Waals surface area contributed by atoms with Crippen LogP contribution in [0.25, 0.3) is 10.9 Å². The number of carbonyl (C=O) groups is 2. The van der Waals surface area contributed by atoms with Crippen molar-refractivity contribution in [3.8, 4) is 0 Å². The number of aromatic nitrogens is 1. The molecule has 0 saturated carbocycles. The van der Waals surface area contributed by atoms with E-state index < -0.39 is 0 Å². The average molecular weight is 322 g/mol. The molecule has 0 fully saturated rings. The molecule has 0 spiro atoms. The zero-order valence-corrected chi connectivity index (χ0v) is 13.3. The van der Waals surface area contributed by atoms with E-state index in [1.807, 2.05) is 30.5 Å². The number of aromatic amines is 1. The molecule has 1 amide bonds. The Hall–Kier alpha value is -3.08. The maximum atomic E-state index is 12.1. The molecule has 0 aliphatic carbocycles. The van der Waals surface area contributed by atoms with Crippen LogP contribution in [0, 0.1) is 0 Å². The maximum absolute atomic E-state index is 12.1. The normalized spacial score (nSPS) is 10.5. The van der Waals surface area contributed by atoms with Gasteiger partial charge in [-0.1, -0.05) is 30.3 Å². The van der Waals surface area contributed by atoms with E-state index in [0.717, 1.165) is 22.0 Å². The van der Waals surface area contributed by atoms with Crippen LogP contribution in [0.2, 0.25) is 0 Å². The number of hydrogen-bond donors (Lipinski definition) is 2. The smallest absolute Gasteiger partial charge is 0.337 e. The number of benzene rings is 2. The van der Waals surface area contributed by atoms with Gasteiger partial charge in [-0.3, -0.25) is 4.79 Å². The van der Waals surface area contributed by atoms with Crippen LogP contribution in [0.1, 0.15) is 21.5 Å². The average Bonchev–Trinajstić information content (AvgIpc) is 3.03. The first kappa shape index (κ1) is 15.8. The number of amides is 1. The predicted octanol–water partition coefficient (Wildman–Crippen LogP) is 2.81. The minimum absolute atomic E-state index is 0.0446. The van der Waals surface area contributed by atoms with Gasteiger partial charge >= 0.3 is 5.97 Å². The Labute approximate surface area is 139 Å². The maximum Gasteiger partial charge on any atom is 0.337 e. The Kier molecular flexibility index (Phi) is 4.61. The van der Waals surface area contributed by atoms with Crippen LogP contribution < -0.4 is 5.32 Å². The highest BCUT2D eigenvalue weighted by molar-refractivity contribution is 5.89. The van der Waals surface area contributed by atoms with E-state index in [1.165, 1.54) is 7.11 Å². The van der Waals surface area contributed by atoms with Gasteiger partial charge < -0.3 is 15.0 Å². The van der Waals surface area contributed by atoms with Crippen LogP contribution in [0.15, 0.2) is 54.7 Å². The van der Waals surface area contributed by atoms with Gasteiger partial charge in [-0.25, -0.2) is 4.79 Å². The van der Waals surface area contributed by atoms with Crippen molar-refractivity contribution in [3.63, 3.8) is 0 Å². The van der Waals surface area contributed by atoms with E-state index in [9.17, 15) is 9.59 Å². The van der Waals surface area contributed by atoms with E-state index in [-0.39, 0.29) is 11.9 Å². The third kappa shape index (κ3) is 3.46. The van der Waals surface area contributed by atoms with E-state index in [0.29, 0.717) is 18.5 Å². The molecule has 3 aromatic rings. The Bertz CT molecular complexity index is 866. The summed E-state index contributed by atoms with van der Waals surface area (Å²) >= 11 is 0. The van der Waals surface area contributed by atoms with Gasteiger partial charge in [-0.15, -0.1) is 0 Å². The van der Waals surface area contributed by atoms with Crippen LogP contribution in [-0.2, 0) is 22.5 Å². The zero-order valence-electron chi connectivity index (χ0n) is 13.3. The second kappa shape index (κ2) is 7.00. The van der Waals surface area contributed by atoms with Gasteiger partial charge in [0.15, 0.2) is 0 Å². The summed E-state index contributed by atoms with van der Waals surface area (Å²) in [5.74, 6) is -0.415. The molecule has 0 saturated heterocycles. The molecule has 1 aromatic heterocycles. The lowest BCUT2D eigenvalue weighted by molar-refractivity contribution is -0.120. The van der Waals surface area contributed by atoms with Gasteiger partial charge in [0.2, 0.25) is 5.91 Å². The summed E-state index contributed by atoms with van der Waals surface area (Å²) in [4.78, 5) is 26.7. The molecule has 2 N–H and O–H groups in total. The second-order valence-corrected chi connectivity index (χ2v) is 5.50. The molecule has 0 aliphatic heterocycles. The van der Waals surface area contributed by atoms with Crippen LogP contribution in [-0.4, -0.2) is 24.0 Å². The van der Waals surface area contributed by atoms with Gasteiger partial charge in [0.1, 0.15) is 0 Å². The fourth-order valence-corrected chi connectivity index (χ4v) is 2.59. The first-order chi connectivity index (χ1) is 11.7. The van der Waals surface area contributed by atoms with Crippen molar-refractivity contribution in [1.82, 2.24) is 10.3 Å². The lowest BCUT2D eigenvalue weighted by Crippen LogP contribution is -2.24. The number of carbonyl (C=O) groups excluding carboxylic acids is 2. The fraction of sp³-hybridized carbons (Fsp3) is 0.158. The third-order valence-electron chi connectivity index (χ3n) is 3.89. The molecule has 3 rings (SSSR count). The van der Waals surface area contributed by atoms with Crippen molar-refractivity contribution < 1.29 is 14.3 Å². The van der Waals surface area contributed by atoms with Gasteiger partial charge in [-0.2, -0.15) is 0 Å². The fourth-order valence-electron chi connectivity index (χ4n) is 2.59. The number of para-hydroxylation sites is 1. The largest absolute Gasteiger partial charge is 0.465 e. The summed E-state index contributed by atoms with van der Waals surface area (Å²) in [6.07, 6.45) is 2.19. The molecule has 5 heteroatoms. The quantitative estimate of drug-likeness (QED) is 0.710. The molecule has 5 nitrogen and oxygen atoms in total. The lowest BCUT2D eigenvalue weighted by atomic mass is 10.1. The number of rotatable bonds is 5. The molecule has 0 bridgehead atoms. The van der Waals surface area contributed by atoms with Gasteiger partial charge in [0.25, 0.3) is 0 Å². The molecule has 2 aromatic carbocycles. The number of nitrogens with one attached hydrogen (secondary N) is 2. The minimum Gasteiger partial charge on any atom is -0.465 e. The highest BCUT2D eigenvalue weighted by Gasteiger charge is 2.09. The summed E-state index contributed by atoms with van der Waals surface area (Å²) in [5, 5.41) is 3.96. The topological polar surface area (TPSA) is 71.2 Å². The summed E-state index contributed by atoms with van der Waals surface area (Å²) in [6, 6.07) is 14.9. The highest BCUT2D eigenvalue weighted by Crippen LogP contribution is 2.18. The van der Waals surface area contributed by atoms with E-state index in [4.69, 9.17) is 0 Å². The van der Waals surface area contributed by atoms with Gasteiger partial charge in [-0.05, 0) is 29.3 Å². The molecule has 0 atom stereocenters. The number of hydrogen-bond acceptors (Lipinski definition) is 3. The van der Waals surface area contributed by atoms with E-state index in [2.05, 4.69) is 15.0 Å². The Balaban J connectivity index is 1.58. The summed E-state index contributed by atoms with van der Waals surface area (Å²) in [7, 11) is 1.35. The SMILES string of the molecule is COC(=O)c1ccc(CNC(=O)Cc2c[nH]c3ccccc23)cc1.